The standard InChI is InChI=1S/C15H7F6NO2S2/c16-14(17,18)9-4-5-11(25)12-7-2-1-3-10(15(19,20)21)13(7)26(23,24)22-6-8(9)12/h1-4,6H,5H2. The number of hydrogen-bond donors (Lipinski definition) is 0. The highest BCUT2D eigenvalue weighted by atomic mass is 32.2. The topological polar surface area (TPSA) is 46.5 Å². The number of benzene rings is 1. The van der Waals surface area contributed by atoms with E-state index in [9.17, 15) is 34.8 Å². The quantitative estimate of drug-likeness (QED) is 0.467. The van der Waals surface area contributed by atoms with Gasteiger partial charge in [-0.2, -0.15) is 39.2 Å². The van der Waals surface area contributed by atoms with Crippen LogP contribution in [0.5, 0.6) is 0 Å². The molecule has 26 heavy (non-hydrogen) atoms. The smallest absolute Gasteiger partial charge is 0.199 e. The van der Waals surface area contributed by atoms with E-state index in [0.29, 0.717) is 12.3 Å². The van der Waals surface area contributed by atoms with E-state index in [-0.39, 0.29) is 16.9 Å². The number of sulfonamides is 1. The Morgan fingerprint density at radius 2 is 1.69 bits per heavy atom. The molecule has 1 aromatic rings. The molecule has 0 bridgehead atoms. The molecule has 0 radical (unpaired) electrons. The molecule has 1 aliphatic heterocycles. The van der Waals surface area contributed by atoms with Gasteiger partial charge in [0.1, 0.15) is 4.90 Å². The Labute approximate surface area is 148 Å². The van der Waals surface area contributed by atoms with Gasteiger partial charge < -0.3 is 0 Å². The Hall–Kier alpha value is -2.01. The third-order valence-corrected chi connectivity index (χ3v) is 5.51. The number of allylic oxidation sites excluding steroid dienone is 4. The van der Waals surface area contributed by atoms with Crippen LogP contribution in [0.1, 0.15) is 17.5 Å². The summed E-state index contributed by atoms with van der Waals surface area (Å²) in [5, 5.41) is 0. The average molecular weight is 411 g/mol. The van der Waals surface area contributed by atoms with E-state index in [0.717, 1.165) is 18.2 Å². The van der Waals surface area contributed by atoms with E-state index in [1.807, 2.05) is 0 Å². The molecular formula is C15H7F6NO2S2. The third kappa shape index (κ3) is 2.98. The van der Waals surface area contributed by atoms with Crippen molar-refractivity contribution in [1.82, 2.24) is 0 Å². The molecule has 138 valence electrons. The first-order valence-corrected chi connectivity index (χ1v) is 8.75. The SMILES string of the molecule is O=S1(=O)N=CC2=C(C(=S)CC=C2C(F)(F)F)c2cccc(C(F)(F)F)c21. The highest BCUT2D eigenvalue weighted by Crippen LogP contribution is 2.45. The molecule has 1 aromatic carbocycles. The molecule has 0 saturated carbocycles. The van der Waals surface area contributed by atoms with E-state index < -0.39 is 49.5 Å². The Balaban J connectivity index is 2.46. The first-order chi connectivity index (χ1) is 11.8. The number of hydrogen-bond acceptors (Lipinski definition) is 3. The Bertz CT molecular complexity index is 1010. The fourth-order valence-electron chi connectivity index (χ4n) is 2.80. The predicted molar refractivity (Wildman–Crippen MR) is 85.4 cm³/mol. The summed E-state index contributed by atoms with van der Waals surface area (Å²) >= 11 is 5.02. The van der Waals surface area contributed by atoms with Gasteiger partial charge in [0.15, 0.2) is 0 Å². The lowest BCUT2D eigenvalue weighted by molar-refractivity contribution is -0.139. The fraction of sp³-hybridized carbons (Fsp3) is 0.200. The second-order valence-corrected chi connectivity index (χ2v) is 7.48. The lowest BCUT2D eigenvalue weighted by Crippen LogP contribution is -2.21. The molecule has 0 aromatic heterocycles. The summed E-state index contributed by atoms with van der Waals surface area (Å²) in [6.45, 7) is 0. The normalized spacial score (nSPS) is 19.6. The van der Waals surface area contributed by atoms with Crippen LogP contribution in [0.25, 0.3) is 5.57 Å². The molecule has 3 rings (SSSR count). The Morgan fingerprint density at radius 3 is 2.27 bits per heavy atom. The van der Waals surface area contributed by atoms with Gasteiger partial charge in [-0.25, -0.2) is 0 Å². The maximum Gasteiger partial charge on any atom is 0.417 e. The molecule has 0 unspecified atom stereocenters. The predicted octanol–water partition coefficient (Wildman–Crippen LogP) is 4.49. The van der Waals surface area contributed by atoms with Gasteiger partial charge in [-0.15, -0.1) is 0 Å². The molecular weight excluding hydrogens is 404 g/mol. The monoisotopic (exact) mass is 411 g/mol. The highest BCUT2D eigenvalue weighted by Gasteiger charge is 2.44. The van der Waals surface area contributed by atoms with Gasteiger partial charge in [0, 0.05) is 34.2 Å². The van der Waals surface area contributed by atoms with Gasteiger partial charge in [0.05, 0.1) is 11.1 Å². The van der Waals surface area contributed by atoms with Crippen LogP contribution in [-0.2, 0) is 16.2 Å². The van der Waals surface area contributed by atoms with Crippen LogP contribution in [0.4, 0.5) is 26.3 Å². The van der Waals surface area contributed by atoms with Crippen molar-refractivity contribution in [3.05, 3.63) is 46.5 Å². The van der Waals surface area contributed by atoms with Crippen molar-refractivity contribution in [3.8, 4) is 0 Å². The summed E-state index contributed by atoms with van der Waals surface area (Å²) < 4.78 is 107. The number of thiocarbonyl (C=S) groups is 1. The maximum absolute atomic E-state index is 13.3. The van der Waals surface area contributed by atoms with Crippen LogP contribution in [-0.4, -0.2) is 25.7 Å². The lowest BCUT2D eigenvalue weighted by Gasteiger charge is -2.22. The minimum absolute atomic E-state index is 0.0999. The molecule has 0 fully saturated rings. The highest BCUT2D eigenvalue weighted by molar-refractivity contribution is 7.90. The molecule has 0 atom stereocenters. The zero-order chi connectivity index (χ0) is 19.5. The molecule has 0 spiro atoms. The number of rotatable bonds is 0. The van der Waals surface area contributed by atoms with Crippen molar-refractivity contribution < 1.29 is 34.8 Å². The summed E-state index contributed by atoms with van der Waals surface area (Å²) in [6, 6.07) is 2.45. The first kappa shape index (κ1) is 18.8. The molecule has 0 saturated heterocycles. The van der Waals surface area contributed by atoms with E-state index in [1.165, 1.54) is 0 Å². The largest absolute Gasteiger partial charge is 0.417 e. The van der Waals surface area contributed by atoms with Gasteiger partial charge in [-0.3, -0.25) is 0 Å². The Kier molecular flexibility index (Phi) is 4.15. The van der Waals surface area contributed by atoms with Crippen LogP contribution < -0.4 is 0 Å². The van der Waals surface area contributed by atoms with Crippen LogP contribution in [0.15, 0.2) is 44.7 Å². The zero-order valence-electron chi connectivity index (χ0n) is 12.4. The maximum atomic E-state index is 13.3. The molecule has 11 heteroatoms. The van der Waals surface area contributed by atoms with Gasteiger partial charge in [-0.1, -0.05) is 30.4 Å². The first-order valence-electron chi connectivity index (χ1n) is 6.90. The van der Waals surface area contributed by atoms with Crippen molar-refractivity contribution >= 4 is 38.9 Å². The minimum atomic E-state index is -5.04. The average Bonchev–Trinajstić information content (AvgIpc) is 2.61. The summed E-state index contributed by atoms with van der Waals surface area (Å²) in [7, 11) is -4.89. The second-order valence-electron chi connectivity index (χ2n) is 5.42. The Morgan fingerprint density at radius 1 is 1.04 bits per heavy atom. The summed E-state index contributed by atoms with van der Waals surface area (Å²) in [6.07, 6.45) is -9.07. The van der Waals surface area contributed by atoms with Gasteiger partial charge in [0.2, 0.25) is 0 Å². The van der Waals surface area contributed by atoms with Crippen molar-refractivity contribution in [3.63, 3.8) is 0 Å². The second kappa shape index (κ2) is 5.74. The van der Waals surface area contributed by atoms with Gasteiger partial charge >= 0.3 is 12.4 Å². The van der Waals surface area contributed by atoms with Gasteiger partial charge in [0.25, 0.3) is 10.0 Å². The fourth-order valence-corrected chi connectivity index (χ4v) is 4.36. The van der Waals surface area contributed by atoms with Gasteiger partial charge in [-0.05, 0) is 6.07 Å². The zero-order valence-corrected chi connectivity index (χ0v) is 14.1. The lowest BCUT2D eigenvalue weighted by atomic mass is 9.86. The van der Waals surface area contributed by atoms with Crippen molar-refractivity contribution in [2.24, 2.45) is 4.40 Å². The third-order valence-electron chi connectivity index (χ3n) is 3.80. The number of fused-ring (bicyclic) bond motifs is 2. The molecule has 3 nitrogen and oxygen atoms in total. The number of alkyl halides is 6. The van der Waals surface area contributed by atoms with Crippen LogP contribution >= 0.6 is 12.2 Å². The molecule has 0 amide bonds. The summed E-state index contributed by atoms with van der Waals surface area (Å²) in [4.78, 5) is -1.29. The molecule has 1 aliphatic carbocycles. The van der Waals surface area contributed by atoms with E-state index >= 15 is 0 Å². The van der Waals surface area contributed by atoms with Crippen LogP contribution in [0.3, 0.4) is 0 Å². The van der Waals surface area contributed by atoms with Crippen molar-refractivity contribution in [2.45, 2.75) is 23.7 Å². The van der Waals surface area contributed by atoms with Crippen molar-refractivity contribution in [1.29, 1.82) is 0 Å². The number of halogens is 6. The van der Waals surface area contributed by atoms with Crippen molar-refractivity contribution in [2.75, 3.05) is 0 Å². The molecule has 2 aliphatic rings. The van der Waals surface area contributed by atoms with Crippen LogP contribution in [0, 0.1) is 0 Å². The van der Waals surface area contributed by atoms with E-state index in [1.54, 1.807) is 0 Å². The molecule has 1 heterocycles. The minimum Gasteiger partial charge on any atom is -0.199 e. The summed E-state index contributed by atoms with van der Waals surface area (Å²) in [5.41, 5.74) is -4.26. The van der Waals surface area contributed by atoms with E-state index in [2.05, 4.69) is 4.40 Å². The van der Waals surface area contributed by atoms with Crippen LogP contribution in [0.2, 0.25) is 0 Å². The van der Waals surface area contributed by atoms with E-state index in [4.69, 9.17) is 12.2 Å². The number of nitrogens with zero attached hydrogens (tertiary/aromatic N) is 1. The molecule has 0 N–H and O–H groups in total. The summed E-state index contributed by atoms with van der Waals surface area (Å²) in [5.74, 6) is 0.